The number of nitro groups is 1. The number of hydrogen-bond donors (Lipinski definition) is 1. The molecule has 0 aliphatic rings. The SMILES string of the molecule is COc1ccc([N+](=O)[O-])cc1NC(=O)C=CC(=O)[O-]. The van der Waals surface area contributed by atoms with Gasteiger partial charge in [-0.15, -0.1) is 0 Å². The number of carbonyl (C=O) groups excluding carboxylic acids is 2. The van der Waals surface area contributed by atoms with Crippen LogP contribution >= 0.6 is 0 Å². The molecule has 1 rings (SSSR count). The van der Waals surface area contributed by atoms with Crippen molar-refractivity contribution in [2.75, 3.05) is 12.4 Å². The second-order valence-corrected chi connectivity index (χ2v) is 3.28. The van der Waals surface area contributed by atoms with E-state index in [0.29, 0.717) is 6.08 Å². The number of carboxylic acids is 1. The zero-order valence-electron chi connectivity index (χ0n) is 9.78. The van der Waals surface area contributed by atoms with Crippen LogP contribution in [0, 0.1) is 10.1 Å². The Labute approximate surface area is 107 Å². The van der Waals surface area contributed by atoms with E-state index in [1.165, 1.54) is 19.2 Å². The Morgan fingerprint density at radius 2 is 2.05 bits per heavy atom. The number of ether oxygens (including phenoxy) is 1. The molecule has 1 aromatic carbocycles. The van der Waals surface area contributed by atoms with E-state index in [2.05, 4.69) is 5.32 Å². The van der Waals surface area contributed by atoms with Crippen molar-refractivity contribution in [3.05, 3.63) is 40.5 Å². The van der Waals surface area contributed by atoms with Crippen LogP contribution in [0.3, 0.4) is 0 Å². The highest BCUT2D eigenvalue weighted by molar-refractivity contribution is 6.03. The van der Waals surface area contributed by atoms with Gasteiger partial charge in [0.2, 0.25) is 5.91 Å². The monoisotopic (exact) mass is 265 g/mol. The van der Waals surface area contributed by atoms with Gasteiger partial charge in [-0.25, -0.2) is 0 Å². The van der Waals surface area contributed by atoms with Gasteiger partial charge in [0.1, 0.15) is 5.75 Å². The van der Waals surface area contributed by atoms with Gasteiger partial charge in [-0.1, -0.05) is 0 Å². The van der Waals surface area contributed by atoms with Crippen LogP contribution in [0.2, 0.25) is 0 Å². The van der Waals surface area contributed by atoms with Gasteiger partial charge in [-0.3, -0.25) is 14.9 Å². The molecule has 0 unspecified atom stereocenters. The van der Waals surface area contributed by atoms with E-state index in [0.717, 1.165) is 12.1 Å². The van der Waals surface area contributed by atoms with Crippen LogP contribution in [0.15, 0.2) is 30.4 Å². The highest BCUT2D eigenvalue weighted by atomic mass is 16.6. The van der Waals surface area contributed by atoms with Crippen molar-refractivity contribution in [3.63, 3.8) is 0 Å². The first-order valence-electron chi connectivity index (χ1n) is 4.96. The summed E-state index contributed by atoms with van der Waals surface area (Å²) in [6.45, 7) is 0. The molecule has 100 valence electrons. The number of rotatable bonds is 5. The number of amides is 1. The average molecular weight is 265 g/mol. The highest BCUT2D eigenvalue weighted by Crippen LogP contribution is 2.28. The van der Waals surface area contributed by atoms with Crippen molar-refractivity contribution in [2.24, 2.45) is 0 Å². The van der Waals surface area contributed by atoms with Crippen LogP contribution < -0.4 is 15.2 Å². The van der Waals surface area contributed by atoms with Crippen LogP contribution in [0.1, 0.15) is 0 Å². The normalized spacial score (nSPS) is 10.2. The van der Waals surface area contributed by atoms with Crippen molar-refractivity contribution >= 4 is 23.3 Å². The van der Waals surface area contributed by atoms with Gasteiger partial charge in [0.25, 0.3) is 5.69 Å². The number of non-ortho nitro benzene ring substituents is 1. The molecule has 0 aromatic heterocycles. The highest BCUT2D eigenvalue weighted by Gasteiger charge is 2.12. The number of nitrogens with zero attached hydrogens (tertiary/aromatic N) is 1. The lowest BCUT2D eigenvalue weighted by atomic mass is 10.2. The topological polar surface area (TPSA) is 122 Å². The van der Waals surface area contributed by atoms with Gasteiger partial charge in [0, 0.05) is 18.2 Å². The summed E-state index contributed by atoms with van der Waals surface area (Å²) in [6, 6.07) is 3.63. The number of benzene rings is 1. The van der Waals surface area contributed by atoms with E-state index in [1.54, 1.807) is 0 Å². The van der Waals surface area contributed by atoms with Gasteiger partial charge in [-0.2, -0.15) is 0 Å². The van der Waals surface area contributed by atoms with E-state index >= 15 is 0 Å². The number of nitrogens with one attached hydrogen (secondary N) is 1. The summed E-state index contributed by atoms with van der Waals surface area (Å²) in [5.74, 6) is -2.09. The summed E-state index contributed by atoms with van der Waals surface area (Å²) in [7, 11) is 1.33. The number of carbonyl (C=O) groups is 2. The zero-order chi connectivity index (χ0) is 14.4. The number of carboxylic acid groups (broad SMARTS) is 1. The predicted octanol–water partition coefficient (Wildman–Crippen LogP) is -0.152. The third-order valence-electron chi connectivity index (χ3n) is 2.02. The molecule has 8 nitrogen and oxygen atoms in total. The molecule has 0 atom stereocenters. The maximum Gasteiger partial charge on any atom is 0.271 e. The van der Waals surface area contributed by atoms with Gasteiger partial charge < -0.3 is 20.0 Å². The van der Waals surface area contributed by atoms with Crippen molar-refractivity contribution in [1.82, 2.24) is 0 Å². The number of nitro benzene ring substituents is 1. The fraction of sp³-hybridized carbons (Fsp3) is 0.0909. The molecule has 0 saturated heterocycles. The Morgan fingerprint density at radius 1 is 1.37 bits per heavy atom. The Bertz CT molecular complexity index is 552. The van der Waals surface area contributed by atoms with E-state index in [4.69, 9.17) is 4.74 Å². The molecule has 0 bridgehead atoms. The third kappa shape index (κ3) is 4.11. The maximum absolute atomic E-state index is 11.4. The molecule has 1 N–H and O–H groups in total. The molecule has 8 heteroatoms. The molecule has 0 heterocycles. The van der Waals surface area contributed by atoms with Crippen LogP contribution in [0.25, 0.3) is 0 Å². The second kappa shape index (κ2) is 6.15. The second-order valence-electron chi connectivity index (χ2n) is 3.28. The lowest BCUT2D eigenvalue weighted by molar-refractivity contribution is -0.384. The number of anilines is 1. The molecule has 0 aliphatic carbocycles. The summed E-state index contributed by atoms with van der Waals surface area (Å²) < 4.78 is 4.92. The number of aliphatic carboxylic acids is 1. The first-order valence-corrected chi connectivity index (χ1v) is 4.96. The van der Waals surface area contributed by atoms with Gasteiger partial charge in [0.15, 0.2) is 0 Å². The fourth-order valence-electron chi connectivity index (χ4n) is 1.23. The molecule has 0 radical (unpaired) electrons. The zero-order valence-corrected chi connectivity index (χ0v) is 9.78. The van der Waals surface area contributed by atoms with E-state index in [1.807, 2.05) is 0 Å². The van der Waals surface area contributed by atoms with Gasteiger partial charge in [-0.05, 0) is 12.1 Å². The van der Waals surface area contributed by atoms with E-state index in [9.17, 15) is 24.8 Å². The summed E-state index contributed by atoms with van der Waals surface area (Å²) >= 11 is 0. The first-order chi connectivity index (χ1) is 8.93. The molecule has 0 saturated carbocycles. The van der Waals surface area contributed by atoms with Gasteiger partial charge in [0.05, 0.1) is 23.7 Å². The molecule has 0 aliphatic heterocycles. The van der Waals surface area contributed by atoms with Crippen molar-refractivity contribution in [2.45, 2.75) is 0 Å². The van der Waals surface area contributed by atoms with E-state index < -0.39 is 16.8 Å². The molecule has 0 spiro atoms. The van der Waals surface area contributed by atoms with E-state index in [-0.39, 0.29) is 17.1 Å². The fourth-order valence-corrected chi connectivity index (χ4v) is 1.23. The Morgan fingerprint density at radius 3 is 2.58 bits per heavy atom. The standard InChI is InChI=1S/C11H10N2O6/c1-19-9-3-2-7(13(17)18)6-8(9)12-10(14)4-5-11(15)16/h2-6H,1H3,(H,12,14)(H,15,16)/p-1. The molecular formula is C11H9N2O6-. The van der Waals surface area contributed by atoms with Crippen LogP contribution in [0.4, 0.5) is 11.4 Å². The predicted molar refractivity (Wildman–Crippen MR) is 62.4 cm³/mol. The first kappa shape index (κ1) is 14.2. The lowest BCUT2D eigenvalue weighted by Gasteiger charge is -2.08. The Kier molecular flexibility index (Phi) is 4.58. The molecule has 1 aromatic rings. The number of hydrogen-bond acceptors (Lipinski definition) is 6. The lowest BCUT2D eigenvalue weighted by Crippen LogP contribution is -2.20. The molecular weight excluding hydrogens is 256 g/mol. The largest absolute Gasteiger partial charge is 0.545 e. The smallest absolute Gasteiger partial charge is 0.271 e. The summed E-state index contributed by atoms with van der Waals surface area (Å²) in [5.41, 5.74) is -0.176. The minimum Gasteiger partial charge on any atom is -0.545 e. The summed E-state index contributed by atoms with van der Waals surface area (Å²) in [5, 5.41) is 23.0. The van der Waals surface area contributed by atoms with Crippen LogP contribution in [0.5, 0.6) is 5.75 Å². The number of methoxy groups -OCH3 is 1. The van der Waals surface area contributed by atoms with Crippen LogP contribution in [-0.4, -0.2) is 23.9 Å². The summed E-state index contributed by atoms with van der Waals surface area (Å²) in [6.07, 6.45) is 1.27. The summed E-state index contributed by atoms with van der Waals surface area (Å²) in [4.78, 5) is 31.5. The van der Waals surface area contributed by atoms with Gasteiger partial charge >= 0.3 is 0 Å². The quantitative estimate of drug-likeness (QED) is 0.448. The third-order valence-corrected chi connectivity index (χ3v) is 2.02. The molecule has 19 heavy (non-hydrogen) atoms. The van der Waals surface area contributed by atoms with Crippen molar-refractivity contribution < 1.29 is 24.4 Å². The Hall–Kier alpha value is -2.90. The average Bonchev–Trinajstić information content (AvgIpc) is 2.36. The maximum atomic E-state index is 11.4. The minimum absolute atomic E-state index is 0.0599. The molecule has 1 amide bonds. The Balaban J connectivity index is 2.98. The minimum atomic E-state index is -1.53. The van der Waals surface area contributed by atoms with Crippen LogP contribution in [-0.2, 0) is 9.59 Å². The van der Waals surface area contributed by atoms with Crippen molar-refractivity contribution in [3.8, 4) is 5.75 Å². The van der Waals surface area contributed by atoms with Crippen molar-refractivity contribution in [1.29, 1.82) is 0 Å². The molecule has 0 fully saturated rings.